The highest BCUT2D eigenvalue weighted by atomic mass is 35.5. The molecule has 0 amide bonds. The predicted octanol–water partition coefficient (Wildman–Crippen LogP) is 1.09. The van der Waals surface area contributed by atoms with Crippen molar-refractivity contribution in [2.75, 3.05) is 32.2 Å². The zero-order chi connectivity index (χ0) is 12.7. The number of rotatable bonds is 6. The summed E-state index contributed by atoms with van der Waals surface area (Å²) in [5.74, 6) is -0.583. The fourth-order valence-electron chi connectivity index (χ4n) is 1.19. The van der Waals surface area contributed by atoms with Crippen molar-refractivity contribution in [1.82, 2.24) is 0 Å². The number of nitrogens with two attached hydrogens (primary N) is 1. The Morgan fingerprint density at radius 2 is 2.12 bits per heavy atom. The van der Waals surface area contributed by atoms with E-state index in [0.29, 0.717) is 0 Å². The lowest BCUT2D eigenvalue weighted by Crippen LogP contribution is -2.14. The number of benzene rings is 1. The highest BCUT2D eigenvalue weighted by Gasteiger charge is 2.14. The molecule has 0 aromatic heterocycles. The first-order chi connectivity index (χ1) is 8.16. The van der Waals surface area contributed by atoms with Crippen LogP contribution in [0.15, 0.2) is 18.2 Å². The van der Waals surface area contributed by atoms with Gasteiger partial charge in [-0.2, -0.15) is 0 Å². The molecule has 0 bridgehead atoms. The summed E-state index contributed by atoms with van der Waals surface area (Å²) in [5, 5.41) is 8.71. The lowest BCUT2D eigenvalue weighted by atomic mass is 10.2. The number of aliphatic hydroxyl groups excluding tert-OH is 1. The van der Waals surface area contributed by atoms with E-state index in [0.717, 1.165) is 0 Å². The van der Waals surface area contributed by atoms with Crippen LogP contribution in [0.2, 0.25) is 5.02 Å². The van der Waals surface area contributed by atoms with Crippen LogP contribution >= 0.6 is 11.6 Å². The van der Waals surface area contributed by atoms with Crippen LogP contribution < -0.4 is 5.73 Å². The minimum Gasteiger partial charge on any atom is -0.460 e. The molecule has 1 aromatic carbocycles. The van der Waals surface area contributed by atoms with Gasteiger partial charge in [-0.3, -0.25) is 0 Å². The van der Waals surface area contributed by atoms with Crippen molar-refractivity contribution in [2.45, 2.75) is 0 Å². The molecule has 0 radical (unpaired) electrons. The van der Waals surface area contributed by atoms with Gasteiger partial charge in [0.15, 0.2) is 0 Å². The number of halogens is 1. The molecule has 0 aliphatic carbocycles. The summed E-state index contributed by atoms with van der Waals surface area (Å²) in [5.41, 5.74) is 6.06. The molecule has 1 rings (SSSR count). The second-order valence-electron chi connectivity index (χ2n) is 3.18. The monoisotopic (exact) mass is 259 g/mol. The van der Waals surface area contributed by atoms with Crippen LogP contribution in [0.25, 0.3) is 0 Å². The molecular weight excluding hydrogens is 246 g/mol. The van der Waals surface area contributed by atoms with Crippen LogP contribution in [-0.2, 0) is 9.47 Å². The number of ether oxygens (including phenoxy) is 2. The van der Waals surface area contributed by atoms with Gasteiger partial charge in [0, 0.05) is 5.69 Å². The van der Waals surface area contributed by atoms with Crippen LogP contribution in [0, 0.1) is 0 Å². The number of esters is 1. The van der Waals surface area contributed by atoms with Gasteiger partial charge in [0.25, 0.3) is 0 Å². The standard InChI is InChI=1S/C11H14ClNO4/c12-8-2-1-3-9(13)10(8)11(15)17-7-6-16-5-4-14/h1-3,14H,4-7,13H2. The van der Waals surface area contributed by atoms with E-state index in [4.69, 9.17) is 31.9 Å². The van der Waals surface area contributed by atoms with Gasteiger partial charge >= 0.3 is 5.97 Å². The third kappa shape index (κ3) is 4.22. The Balaban J connectivity index is 2.47. The average Bonchev–Trinajstić information content (AvgIpc) is 2.28. The first kappa shape index (κ1) is 13.8. The van der Waals surface area contributed by atoms with E-state index < -0.39 is 5.97 Å². The second-order valence-corrected chi connectivity index (χ2v) is 3.58. The Morgan fingerprint density at radius 3 is 2.76 bits per heavy atom. The maximum atomic E-state index is 11.6. The molecule has 0 atom stereocenters. The molecule has 0 saturated heterocycles. The highest BCUT2D eigenvalue weighted by molar-refractivity contribution is 6.34. The SMILES string of the molecule is Nc1cccc(Cl)c1C(=O)OCCOCCO. The van der Waals surface area contributed by atoms with Gasteiger partial charge < -0.3 is 20.3 Å². The van der Waals surface area contributed by atoms with E-state index in [1.54, 1.807) is 18.2 Å². The van der Waals surface area contributed by atoms with Crippen LogP contribution in [0.3, 0.4) is 0 Å². The Morgan fingerprint density at radius 1 is 1.35 bits per heavy atom. The molecule has 0 aliphatic heterocycles. The summed E-state index contributed by atoms with van der Waals surface area (Å²) < 4.78 is 9.86. The maximum Gasteiger partial charge on any atom is 0.341 e. The fourth-order valence-corrected chi connectivity index (χ4v) is 1.45. The molecule has 5 nitrogen and oxygen atoms in total. The third-order valence-corrected chi connectivity index (χ3v) is 2.26. The fraction of sp³-hybridized carbons (Fsp3) is 0.364. The summed E-state index contributed by atoms with van der Waals surface area (Å²) in [6.45, 7) is 0.456. The maximum absolute atomic E-state index is 11.6. The number of aliphatic hydroxyl groups is 1. The van der Waals surface area contributed by atoms with Crippen molar-refractivity contribution in [3.8, 4) is 0 Å². The van der Waals surface area contributed by atoms with Crippen LogP contribution in [0.1, 0.15) is 10.4 Å². The Kier molecular flexibility index (Phi) is 5.76. The van der Waals surface area contributed by atoms with Gasteiger partial charge in [-0.15, -0.1) is 0 Å². The minimum atomic E-state index is -0.583. The van der Waals surface area contributed by atoms with Crippen LogP contribution in [0.5, 0.6) is 0 Å². The van der Waals surface area contributed by atoms with E-state index in [9.17, 15) is 4.79 Å². The first-order valence-electron chi connectivity index (χ1n) is 5.06. The Hall–Kier alpha value is -1.30. The number of nitrogen functional groups attached to an aromatic ring is 1. The van der Waals surface area contributed by atoms with Crippen molar-refractivity contribution in [3.05, 3.63) is 28.8 Å². The van der Waals surface area contributed by atoms with E-state index >= 15 is 0 Å². The molecule has 0 saturated carbocycles. The largest absolute Gasteiger partial charge is 0.460 e. The van der Waals surface area contributed by atoms with E-state index in [-0.39, 0.29) is 42.7 Å². The number of hydrogen-bond donors (Lipinski definition) is 2. The summed E-state index contributed by atoms with van der Waals surface area (Å²) >= 11 is 5.84. The van der Waals surface area contributed by atoms with E-state index in [2.05, 4.69) is 0 Å². The zero-order valence-corrected chi connectivity index (χ0v) is 9.94. The van der Waals surface area contributed by atoms with Gasteiger partial charge in [0.05, 0.1) is 24.8 Å². The molecule has 0 heterocycles. The number of carbonyl (C=O) groups is 1. The van der Waals surface area contributed by atoms with E-state index in [1.165, 1.54) is 0 Å². The zero-order valence-electron chi connectivity index (χ0n) is 9.19. The minimum absolute atomic E-state index is 0.0641. The molecular formula is C11H14ClNO4. The summed E-state index contributed by atoms with van der Waals surface area (Å²) in [7, 11) is 0. The normalized spacial score (nSPS) is 10.2. The predicted molar refractivity (Wildman–Crippen MR) is 64.1 cm³/mol. The van der Waals surface area contributed by atoms with Crippen LogP contribution in [-0.4, -0.2) is 37.5 Å². The van der Waals surface area contributed by atoms with Crippen molar-refractivity contribution in [3.63, 3.8) is 0 Å². The number of carbonyl (C=O) groups excluding carboxylic acids is 1. The third-order valence-electron chi connectivity index (χ3n) is 1.95. The second kappa shape index (κ2) is 7.11. The molecule has 0 spiro atoms. The molecule has 17 heavy (non-hydrogen) atoms. The molecule has 0 fully saturated rings. The van der Waals surface area contributed by atoms with Crippen molar-refractivity contribution >= 4 is 23.3 Å². The molecule has 1 aromatic rings. The van der Waals surface area contributed by atoms with Gasteiger partial charge in [-0.05, 0) is 12.1 Å². The molecule has 0 aliphatic rings. The smallest absolute Gasteiger partial charge is 0.341 e. The number of anilines is 1. The Bertz CT molecular complexity index is 363. The van der Waals surface area contributed by atoms with Gasteiger partial charge in [-0.25, -0.2) is 4.79 Å². The van der Waals surface area contributed by atoms with Crippen molar-refractivity contribution in [2.24, 2.45) is 0 Å². The van der Waals surface area contributed by atoms with Gasteiger partial charge in [-0.1, -0.05) is 17.7 Å². The topological polar surface area (TPSA) is 81.8 Å². The Labute approximate surface area is 104 Å². The van der Waals surface area contributed by atoms with Gasteiger partial charge in [0.1, 0.15) is 12.2 Å². The molecule has 94 valence electrons. The van der Waals surface area contributed by atoms with Crippen molar-refractivity contribution < 1.29 is 19.4 Å². The van der Waals surface area contributed by atoms with E-state index in [1.807, 2.05) is 0 Å². The van der Waals surface area contributed by atoms with Crippen molar-refractivity contribution in [1.29, 1.82) is 0 Å². The lowest BCUT2D eigenvalue weighted by Gasteiger charge is -2.08. The molecule has 0 unspecified atom stereocenters. The first-order valence-corrected chi connectivity index (χ1v) is 5.44. The highest BCUT2D eigenvalue weighted by Crippen LogP contribution is 2.22. The van der Waals surface area contributed by atoms with Gasteiger partial charge in [0.2, 0.25) is 0 Å². The average molecular weight is 260 g/mol. The summed E-state index contributed by atoms with van der Waals surface area (Å²) in [4.78, 5) is 11.6. The number of hydrogen-bond acceptors (Lipinski definition) is 5. The quantitative estimate of drug-likeness (QED) is 0.454. The summed E-state index contributed by atoms with van der Waals surface area (Å²) in [6, 6.07) is 4.79. The molecule has 3 N–H and O–H groups in total. The van der Waals surface area contributed by atoms with Crippen LogP contribution in [0.4, 0.5) is 5.69 Å². The summed E-state index contributed by atoms with van der Waals surface area (Å²) in [6.07, 6.45) is 0. The lowest BCUT2D eigenvalue weighted by molar-refractivity contribution is 0.0259. The molecule has 6 heteroatoms.